The fourth-order valence-corrected chi connectivity index (χ4v) is 2.81. The molecule has 106 valence electrons. The second-order valence-electron chi connectivity index (χ2n) is 4.97. The number of hydrogen-bond acceptors (Lipinski definition) is 2. The maximum absolute atomic E-state index is 12.6. The lowest BCUT2D eigenvalue weighted by Gasteiger charge is -2.12. The summed E-state index contributed by atoms with van der Waals surface area (Å²) < 4.78 is 0. The first-order valence-corrected chi connectivity index (χ1v) is 7.15. The molecule has 1 atom stereocenters. The summed E-state index contributed by atoms with van der Waals surface area (Å²) in [7, 11) is 0. The smallest absolute Gasteiger partial charge is 0.184 e. The minimum absolute atomic E-state index is 0.256. The van der Waals surface area contributed by atoms with Gasteiger partial charge >= 0.3 is 0 Å². The van der Waals surface area contributed by atoms with Gasteiger partial charge in [0.25, 0.3) is 0 Å². The van der Waals surface area contributed by atoms with Crippen LogP contribution in [-0.2, 0) is 0 Å². The molecule has 2 aromatic rings. The second-order valence-corrected chi connectivity index (χ2v) is 5.81. The van der Waals surface area contributed by atoms with Crippen LogP contribution in [0.2, 0.25) is 10.0 Å². The summed E-state index contributed by atoms with van der Waals surface area (Å²) in [5.74, 6) is -1.19. The molecule has 1 unspecified atom stereocenters. The Hall–Kier alpha value is -1.82. The molecule has 4 heteroatoms. The highest BCUT2D eigenvalue weighted by molar-refractivity contribution is 6.35. The normalized spacial score (nSPS) is 11.8. The number of carbonyl (C=O) groups is 1. The SMILES string of the molecule is Cc1cc(C)cc(C(=O)C(C#N)c2ccc(Cl)cc2Cl)c1. The summed E-state index contributed by atoms with van der Waals surface area (Å²) in [6, 6.07) is 12.4. The van der Waals surface area contributed by atoms with Crippen molar-refractivity contribution in [2.45, 2.75) is 19.8 Å². The van der Waals surface area contributed by atoms with Crippen molar-refractivity contribution in [2.24, 2.45) is 0 Å². The van der Waals surface area contributed by atoms with E-state index in [9.17, 15) is 10.1 Å². The van der Waals surface area contributed by atoms with E-state index in [1.54, 1.807) is 24.3 Å². The minimum Gasteiger partial charge on any atom is -0.292 e. The summed E-state index contributed by atoms with van der Waals surface area (Å²) in [4.78, 5) is 12.6. The molecule has 2 aromatic carbocycles. The second kappa shape index (κ2) is 6.30. The molecule has 0 aliphatic rings. The number of nitriles is 1. The summed E-state index contributed by atoms with van der Waals surface area (Å²) in [6.07, 6.45) is 0. The standard InChI is InChI=1S/C17H13Cl2NO/c1-10-5-11(2)7-12(6-10)17(21)15(9-20)14-4-3-13(18)8-16(14)19/h3-8,15H,1-2H3. The van der Waals surface area contributed by atoms with Gasteiger partial charge < -0.3 is 0 Å². The van der Waals surface area contributed by atoms with Gasteiger partial charge in [0.15, 0.2) is 5.78 Å². The van der Waals surface area contributed by atoms with Gasteiger partial charge in [-0.05, 0) is 43.7 Å². The van der Waals surface area contributed by atoms with E-state index in [2.05, 4.69) is 0 Å². The average Bonchev–Trinajstić information content (AvgIpc) is 2.40. The van der Waals surface area contributed by atoms with Gasteiger partial charge in [-0.2, -0.15) is 5.26 Å². The third-order valence-corrected chi connectivity index (χ3v) is 3.73. The largest absolute Gasteiger partial charge is 0.292 e. The molecule has 21 heavy (non-hydrogen) atoms. The fourth-order valence-electron chi connectivity index (χ4n) is 2.29. The van der Waals surface area contributed by atoms with E-state index in [4.69, 9.17) is 23.2 Å². The van der Waals surface area contributed by atoms with Crippen molar-refractivity contribution in [3.8, 4) is 6.07 Å². The Kier molecular flexibility index (Phi) is 4.67. The van der Waals surface area contributed by atoms with Crippen LogP contribution < -0.4 is 0 Å². The van der Waals surface area contributed by atoms with Crippen molar-refractivity contribution in [1.82, 2.24) is 0 Å². The summed E-state index contributed by atoms with van der Waals surface area (Å²) in [5, 5.41) is 10.2. The number of carbonyl (C=O) groups excluding carboxylic acids is 1. The lowest BCUT2D eigenvalue weighted by Crippen LogP contribution is -2.12. The van der Waals surface area contributed by atoms with Crippen molar-refractivity contribution in [3.05, 3.63) is 68.7 Å². The number of rotatable bonds is 3. The first-order chi connectivity index (χ1) is 9.92. The topological polar surface area (TPSA) is 40.9 Å². The molecule has 0 aliphatic carbocycles. The minimum atomic E-state index is -0.934. The van der Waals surface area contributed by atoms with Crippen LogP contribution in [0.15, 0.2) is 36.4 Å². The highest BCUT2D eigenvalue weighted by Gasteiger charge is 2.24. The van der Waals surface area contributed by atoms with Gasteiger partial charge in [-0.3, -0.25) is 4.79 Å². The van der Waals surface area contributed by atoms with Gasteiger partial charge in [0.05, 0.1) is 6.07 Å². The average molecular weight is 318 g/mol. The van der Waals surface area contributed by atoms with Crippen LogP contribution in [0.3, 0.4) is 0 Å². The molecule has 2 rings (SSSR count). The van der Waals surface area contributed by atoms with E-state index in [1.807, 2.05) is 26.0 Å². The molecule has 0 amide bonds. The third kappa shape index (κ3) is 3.44. The van der Waals surface area contributed by atoms with E-state index in [1.165, 1.54) is 6.07 Å². The van der Waals surface area contributed by atoms with E-state index >= 15 is 0 Å². The van der Waals surface area contributed by atoms with Crippen LogP contribution in [0.25, 0.3) is 0 Å². The zero-order chi connectivity index (χ0) is 15.6. The van der Waals surface area contributed by atoms with Gasteiger partial charge in [-0.25, -0.2) is 0 Å². The number of benzene rings is 2. The first kappa shape index (κ1) is 15.6. The Balaban J connectivity index is 2.46. The summed E-state index contributed by atoms with van der Waals surface area (Å²) in [5.41, 5.74) is 2.97. The van der Waals surface area contributed by atoms with Crippen LogP contribution in [0.5, 0.6) is 0 Å². The molecule has 0 heterocycles. The zero-order valence-corrected chi connectivity index (χ0v) is 13.2. The zero-order valence-electron chi connectivity index (χ0n) is 11.7. The van der Waals surface area contributed by atoms with E-state index in [0.717, 1.165) is 11.1 Å². The number of halogens is 2. The molecule has 0 aromatic heterocycles. The Morgan fingerprint density at radius 3 is 2.24 bits per heavy atom. The highest BCUT2D eigenvalue weighted by atomic mass is 35.5. The van der Waals surface area contributed by atoms with Gasteiger partial charge in [-0.15, -0.1) is 0 Å². The predicted molar refractivity (Wildman–Crippen MR) is 85.1 cm³/mol. The molecule has 0 bridgehead atoms. The van der Waals surface area contributed by atoms with Crippen LogP contribution in [0.4, 0.5) is 0 Å². The molecular formula is C17H13Cl2NO. The number of Topliss-reactive ketones (excluding diaryl/α,β-unsaturated/α-hetero) is 1. The molecule has 0 N–H and O–H groups in total. The number of ketones is 1. The molecule has 0 saturated carbocycles. The van der Waals surface area contributed by atoms with E-state index in [-0.39, 0.29) is 5.78 Å². The van der Waals surface area contributed by atoms with Crippen molar-refractivity contribution < 1.29 is 4.79 Å². The monoisotopic (exact) mass is 317 g/mol. The lowest BCUT2D eigenvalue weighted by atomic mass is 9.90. The highest BCUT2D eigenvalue weighted by Crippen LogP contribution is 2.30. The maximum atomic E-state index is 12.6. The van der Waals surface area contributed by atoms with Gasteiger partial charge in [-0.1, -0.05) is 46.5 Å². The van der Waals surface area contributed by atoms with Gasteiger partial charge in [0.1, 0.15) is 5.92 Å². The van der Waals surface area contributed by atoms with Crippen molar-refractivity contribution in [3.63, 3.8) is 0 Å². The quantitative estimate of drug-likeness (QED) is 0.739. The van der Waals surface area contributed by atoms with Crippen LogP contribution in [0, 0.1) is 25.2 Å². The van der Waals surface area contributed by atoms with E-state index < -0.39 is 5.92 Å². The Bertz CT molecular complexity index is 727. The predicted octanol–water partition coefficient (Wildman–Crippen LogP) is 5.10. The van der Waals surface area contributed by atoms with Crippen LogP contribution in [-0.4, -0.2) is 5.78 Å². The molecule has 2 nitrogen and oxygen atoms in total. The number of hydrogen-bond donors (Lipinski definition) is 0. The molecule has 0 radical (unpaired) electrons. The van der Waals surface area contributed by atoms with Crippen molar-refractivity contribution in [1.29, 1.82) is 5.26 Å². The maximum Gasteiger partial charge on any atom is 0.184 e. The lowest BCUT2D eigenvalue weighted by molar-refractivity contribution is 0.0978. The molecule has 0 saturated heterocycles. The third-order valence-electron chi connectivity index (χ3n) is 3.17. The Morgan fingerprint density at radius 1 is 1.10 bits per heavy atom. The van der Waals surface area contributed by atoms with Crippen molar-refractivity contribution >= 4 is 29.0 Å². The van der Waals surface area contributed by atoms with Crippen LogP contribution >= 0.6 is 23.2 Å². The fraction of sp³-hybridized carbons (Fsp3) is 0.176. The molecular weight excluding hydrogens is 305 g/mol. The molecule has 0 fully saturated rings. The number of aryl methyl sites for hydroxylation is 2. The Labute approximate surface area is 133 Å². The first-order valence-electron chi connectivity index (χ1n) is 6.39. The van der Waals surface area contributed by atoms with E-state index in [0.29, 0.717) is 21.2 Å². The van der Waals surface area contributed by atoms with Gasteiger partial charge in [0.2, 0.25) is 0 Å². The van der Waals surface area contributed by atoms with Crippen molar-refractivity contribution in [2.75, 3.05) is 0 Å². The van der Waals surface area contributed by atoms with Gasteiger partial charge in [0, 0.05) is 15.6 Å². The summed E-state index contributed by atoms with van der Waals surface area (Å²) in [6.45, 7) is 3.83. The Morgan fingerprint density at radius 2 is 1.71 bits per heavy atom. The molecule has 0 spiro atoms. The summed E-state index contributed by atoms with van der Waals surface area (Å²) >= 11 is 12.0. The molecule has 0 aliphatic heterocycles. The number of nitrogens with zero attached hydrogens (tertiary/aromatic N) is 1. The van der Waals surface area contributed by atoms with Crippen LogP contribution in [0.1, 0.15) is 33.0 Å².